The minimum Gasteiger partial charge on any atom is -0.480 e. The maximum atomic E-state index is 12.4. The molecule has 8 heteroatoms. The molecule has 2 aromatic heterocycles. The van der Waals surface area contributed by atoms with Crippen molar-refractivity contribution in [3.8, 4) is 5.88 Å². The Bertz CT molecular complexity index is 647. The number of rotatable bonds is 6. The van der Waals surface area contributed by atoms with E-state index in [9.17, 15) is 4.79 Å². The van der Waals surface area contributed by atoms with Crippen LogP contribution in [0.3, 0.4) is 0 Å². The first-order chi connectivity index (χ1) is 11.8. The van der Waals surface area contributed by atoms with E-state index in [2.05, 4.69) is 25.4 Å². The summed E-state index contributed by atoms with van der Waals surface area (Å²) >= 11 is 1.61. The summed E-state index contributed by atoms with van der Waals surface area (Å²) in [6, 6.07) is 3.68. The number of thiazole rings is 1. The highest BCUT2D eigenvalue weighted by atomic mass is 32.1. The molecule has 3 rings (SSSR count). The topological polar surface area (TPSA) is 80.2 Å². The predicted molar refractivity (Wildman–Crippen MR) is 92.3 cm³/mol. The Hall–Kier alpha value is -2.22. The normalized spacial score (nSPS) is 17.5. The molecule has 1 saturated heterocycles. The predicted octanol–water partition coefficient (Wildman–Crippen LogP) is 1.52. The Morgan fingerprint density at radius 2 is 2.38 bits per heavy atom. The Morgan fingerprint density at radius 3 is 3.08 bits per heavy atom. The summed E-state index contributed by atoms with van der Waals surface area (Å²) in [5.74, 6) is 1.37. The fraction of sp³-hybridized carbons (Fsp3) is 0.500. The van der Waals surface area contributed by atoms with Crippen LogP contribution in [-0.2, 0) is 11.2 Å². The first-order valence-electron chi connectivity index (χ1n) is 8.05. The van der Waals surface area contributed by atoms with Gasteiger partial charge in [-0.15, -0.1) is 21.5 Å². The van der Waals surface area contributed by atoms with Gasteiger partial charge >= 0.3 is 0 Å². The summed E-state index contributed by atoms with van der Waals surface area (Å²) in [4.78, 5) is 18.7. The van der Waals surface area contributed by atoms with Crippen molar-refractivity contribution in [1.82, 2.24) is 20.5 Å². The number of nitrogens with one attached hydrogen (secondary N) is 1. The SMILES string of the molecule is COc1ccc(N2CCCC(C(=O)NCCc3nccs3)C2)nn1. The second-order valence-electron chi connectivity index (χ2n) is 5.69. The molecule has 2 aromatic rings. The number of aromatic nitrogens is 3. The molecular formula is C16H21N5O2S. The number of hydrogen-bond donors (Lipinski definition) is 1. The third-order valence-corrected chi connectivity index (χ3v) is 4.91. The summed E-state index contributed by atoms with van der Waals surface area (Å²) in [7, 11) is 1.57. The van der Waals surface area contributed by atoms with Crippen LogP contribution in [0.1, 0.15) is 17.8 Å². The standard InChI is InChI=1S/C16H21N5O2S/c1-23-14-5-4-13(19-20-14)21-9-2-3-12(11-21)16(22)18-7-6-15-17-8-10-24-15/h4-5,8,10,12H,2-3,6-7,9,11H2,1H3,(H,18,22). The van der Waals surface area contributed by atoms with Gasteiger partial charge in [0.15, 0.2) is 5.82 Å². The molecule has 1 amide bonds. The fourth-order valence-electron chi connectivity index (χ4n) is 2.80. The average molecular weight is 347 g/mol. The summed E-state index contributed by atoms with van der Waals surface area (Å²) in [6.45, 7) is 2.19. The van der Waals surface area contributed by atoms with Crippen LogP contribution in [-0.4, -0.2) is 47.8 Å². The molecule has 0 saturated carbocycles. The zero-order chi connectivity index (χ0) is 16.8. The van der Waals surface area contributed by atoms with Crippen LogP contribution >= 0.6 is 11.3 Å². The van der Waals surface area contributed by atoms with Gasteiger partial charge in [-0.2, -0.15) is 0 Å². The molecule has 3 heterocycles. The molecule has 0 aromatic carbocycles. The monoisotopic (exact) mass is 347 g/mol. The van der Waals surface area contributed by atoms with Crippen LogP contribution < -0.4 is 15.0 Å². The number of anilines is 1. The van der Waals surface area contributed by atoms with E-state index < -0.39 is 0 Å². The number of amides is 1. The van der Waals surface area contributed by atoms with Gasteiger partial charge < -0.3 is 15.0 Å². The van der Waals surface area contributed by atoms with E-state index in [0.717, 1.165) is 36.6 Å². The first-order valence-corrected chi connectivity index (χ1v) is 8.93. The van der Waals surface area contributed by atoms with Crippen molar-refractivity contribution in [2.75, 3.05) is 31.6 Å². The molecule has 0 radical (unpaired) electrons. The number of ether oxygens (including phenoxy) is 1. The Balaban J connectivity index is 1.51. The zero-order valence-electron chi connectivity index (χ0n) is 13.6. The molecular weight excluding hydrogens is 326 g/mol. The van der Waals surface area contributed by atoms with Crippen LogP contribution in [0.15, 0.2) is 23.7 Å². The lowest BCUT2D eigenvalue weighted by molar-refractivity contribution is -0.125. The molecule has 1 unspecified atom stereocenters. The van der Waals surface area contributed by atoms with E-state index in [1.54, 1.807) is 30.7 Å². The second-order valence-corrected chi connectivity index (χ2v) is 6.67. The molecule has 0 bridgehead atoms. The molecule has 24 heavy (non-hydrogen) atoms. The van der Waals surface area contributed by atoms with Gasteiger partial charge in [-0.1, -0.05) is 0 Å². The molecule has 128 valence electrons. The van der Waals surface area contributed by atoms with Crippen molar-refractivity contribution in [3.05, 3.63) is 28.7 Å². The van der Waals surface area contributed by atoms with E-state index in [0.29, 0.717) is 19.0 Å². The Morgan fingerprint density at radius 1 is 1.46 bits per heavy atom. The van der Waals surface area contributed by atoms with Gasteiger partial charge in [0.05, 0.1) is 18.0 Å². The number of hydrogen-bond acceptors (Lipinski definition) is 7. The maximum absolute atomic E-state index is 12.4. The van der Waals surface area contributed by atoms with Crippen molar-refractivity contribution >= 4 is 23.1 Å². The lowest BCUT2D eigenvalue weighted by Gasteiger charge is -2.32. The van der Waals surface area contributed by atoms with Crippen molar-refractivity contribution in [3.63, 3.8) is 0 Å². The van der Waals surface area contributed by atoms with Gasteiger partial charge in [0, 0.05) is 43.7 Å². The first kappa shape index (κ1) is 16.6. The number of piperidine rings is 1. The molecule has 1 fully saturated rings. The van der Waals surface area contributed by atoms with Crippen LogP contribution in [0.4, 0.5) is 5.82 Å². The van der Waals surface area contributed by atoms with Gasteiger partial charge in [0.25, 0.3) is 0 Å². The smallest absolute Gasteiger partial charge is 0.233 e. The minimum atomic E-state index is -0.0149. The van der Waals surface area contributed by atoms with E-state index >= 15 is 0 Å². The quantitative estimate of drug-likeness (QED) is 0.853. The highest BCUT2D eigenvalue weighted by molar-refractivity contribution is 7.09. The second kappa shape index (κ2) is 8.05. The lowest BCUT2D eigenvalue weighted by atomic mass is 9.97. The third-order valence-electron chi connectivity index (χ3n) is 4.07. The van der Waals surface area contributed by atoms with Gasteiger partial charge in [-0.25, -0.2) is 4.98 Å². The van der Waals surface area contributed by atoms with Crippen LogP contribution in [0.2, 0.25) is 0 Å². The summed E-state index contributed by atoms with van der Waals surface area (Å²) < 4.78 is 5.03. The largest absolute Gasteiger partial charge is 0.480 e. The number of nitrogens with zero attached hydrogens (tertiary/aromatic N) is 4. The van der Waals surface area contributed by atoms with Crippen molar-refractivity contribution in [2.24, 2.45) is 5.92 Å². The molecule has 1 atom stereocenters. The lowest BCUT2D eigenvalue weighted by Crippen LogP contribution is -2.43. The minimum absolute atomic E-state index is 0.0149. The van der Waals surface area contributed by atoms with Crippen molar-refractivity contribution in [2.45, 2.75) is 19.3 Å². The molecule has 0 aliphatic carbocycles. The third kappa shape index (κ3) is 4.19. The molecule has 7 nitrogen and oxygen atoms in total. The molecule has 0 spiro atoms. The number of carbonyl (C=O) groups excluding carboxylic acids is 1. The number of carbonyl (C=O) groups is 1. The summed E-state index contributed by atoms with van der Waals surface area (Å²) in [5.41, 5.74) is 0. The van der Waals surface area contributed by atoms with E-state index in [1.165, 1.54) is 0 Å². The molecule has 1 aliphatic rings. The van der Waals surface area contributed by atoms with Crippen LogP contribution in [0.25, 0.3) is 0 Å². The number of methoxy groups -OCH3 is 1. The van der Waals surface area contributed by atoms with Gasteiger partial charge in [-0.05, 0) is 18.9 Å². The molecule has 1 aliphatic heterocycles. The fourth-order valence-corrected chi connectivity index (χ4v) is 3.42. The van der Waals surface area contributed by atoms with Crippen LogP contribution in [0.5, 0.6) is 5.88 Å². The molecule has 1 N–H and O–H groups in total. The van der Waals surface area contributed by atoms with Crippen LogP contribution in [0, 0.1) is 5.92 Å². The Kier molecular flexibility index (Phi) is 5.58. The maximum Gasteiger partial charge on any atom is 0.233 e. The average Bonchev–Trinajstić information content (AvgIpc) is 3.15. The van der Waals surface area contributed by atoms with E-state index in [4.69, 9.17) is 4.74 Å². The van der Waals surface area contributed by atoms with Gasteiger partial charge in [0.2, 0.25) is 11.8 Å². The zero-order valence-corrected chi connectivity index (χ0v) is 14.5. The van der Waals surface area contributed by atoms with Gasteiger partial charge in [-0.3, -0.25) is 4.79 Å². The summed E-state index contributed by atoms with van der Waals surface area (Å²) in [6.07, 6.45) is 4.45. The van der Waals surface area contributed by atoms with E-state index in [1.807, 2.05) is 11.4 Å². The van der Waals surface area contributed by atoms with Crippen molar-refractivity contribution < 1.29 is 9.53 Å². The van der Waals surface area contributed by atoms with Crippen molar-refractivity contribution in [1.29, 1.82) is 0 Å². The Labute approximate surface area is 145 Å². The highest BCUT2D eigenvalue weighted by Gasteiger charge is 2.26. The van der Waals surface area contributed by atoms with E-state index in [-0.39, 0.29) is 11.8 Å². The highest BCUT2D eigenvalue weighted by Crippen LogP contribution is 2.22. The summed E-state index contributed by atoms with van der Waals surface area (Å²) in [5, 5.41) is 14.2. The van der Waals surface area contributed by atoms with Gasteiger partial charge in [0.1, 0.15) is 0 Å².